The summed E-state index contributed by atoms with van der Waals surface area (Å²) < 4.78 is 0. The Balaban J connectivity index is 2.09. The lowest BCUT2D eigenvalue weighted by Crippen LogP contribution is -2.52. The first-order valence-corrected chi connectivity index (χ1v) is 7.51. The number of benzene rings is 1. The molecule has 1 aromatic carbocycles. The molecule has 2 nitrogen and oxygen atoms in total. The van der Waals surface area contributed by atoms with Gasteiger partial charge < -0.3 is 5.32 Å². The summed E-state index contributed by atoms with van der Waals surface area (Å²) in [4.78, 5) is 2.68. The molecular weight excluding hydrogens is 232 g/mol. The number of rotatable bonds is 4. The van der Waals surface area contributed by atoms with Gasteiger partial charge in [0, 0.05) is 11.6 Å². The van der Waals surface area contributed by atoms with Crippen LogP contribution in [0.2, 0.25) is 0 Å². The van der Waals surface area contributed by atoms with Crippen LogP contribution < -0.4 is 5.32 Å². The lowest BCUT2D eigenvalue weighted by atomic mass is 9.81. The van der Waals surface area contributed by atoms with E-state index in [0.29, 0.717) is 6.04 Å². The second kappa shape index (κ2) is 6.06. The van der Waals surface area contributed by atoms with E-state index >= 15 is 0 Å². The highest BCUT2D eigenvalue weighted by Gasteiger charge is 2.37. The van der Waals surface area contributed by atoms with Gasteiger partial charge in [-0.05, 0) is 65.2 Å². The van der Waals surface area contributed by atoms with Crippen LogP contribution in [0.4, 0.5) is 0 Å². The number of hydrogen-bond donors (Lipinski definition) is 1. The topological polar surface area (TPSA) is 15.3 Å². The van der Waals surface area contributed by atoms with Crippen LogP contribution in [-0.4, -0.2) is 30.6 Å². The predicted octanol–water partition coefficient (Wildman–Crippen LogP) is 3.46. The summed E-state index contributed by atoms with van der Waals surface area (Å²) in [6, 6.07) is 11.4. The Morgan fingerprint density at radius 1 is 1.32 bits per heavy atom. The zero-order chi connectivity index (χ0) is 13.9. The number of piperidine rings is 1. The zero-order valence-electron chi connectivity index (χ0n) is 12.8. The fourth-order valence-corrected chi connectivity index (χ4v) is 3.64. The highest BCUT2D eigenvalue weighted by molar-refractivity contribution is 5.19. The number of hydrogen-bond acceptors (Lipinski definition) is 2. The standard InChI is InChI=1S/C17H28N2/c1-14(16-8-6-5-7-9-16)19-11-10-15(13-18-4)12-17(19,2)3/h5-9,14-15,18H,10-13H2,1-4H3. The molecule has 0 spiro atoms. The molecule has 1 saturated heterocycles. The monoisotopic (exact) mass is 260 g/mol. The number of likely N-dealkylation sites (tertiary alicyclic amines) is 1. The van der Waals surface area contributed by atoms with Crippen molar-refractivity contribution in [2.75, 3.05) is 20.1 Å². The third kappa shape index (κ3) is 3.37. The van der Waals surface area contributed by atoms with E-state index in [2.05, 4.69) is 68.4 Å². The maximum absolute atomic E-state index is 3.33. The first-order chi connectivity index (χ1) is 9.04. The van der Waals surface area contributed by atoms with Crippen molar-refractivity contribution >= 4 is 0 Å². The lowest BCUT2D eigenvalue weighted by molar-refractivity contribution is 0.0145. The van der Waals surface area contributed by atoms with E-state index in [1.165, 1.54) is 24.9 Å². The van der Waals surface area contributed by atoms with Crippen LogP contribution in [0.25, 0.3) is 0 Å². The molecular formula is C17H28N2. The van der Waals surface area contributed by atoms with Crippen LogP contribution in [-0.2, 0) is 0 Å². The summed E-state index contributed by atoms with van der Waals surface area (Å²) in [6.45, 7) is 9.49. The van der Waals surface area contributed by atoms with Crippen LogP contribution in [0, 0.1) is 5.92 Å². The summed E-state index contributed by atoms with van der Waals surface area (Å²) in [5.41, 5.74) is 1.72. The SMILES string of the molecule is CNCC1CCN(C(C)c2ccccc2)C(C)(C)C1. The second-order valence-corrected chi connectivity index (χ2v) is 6.51. The van der Waals surface area contributed by atoms with E-state index in [9.17, 15) is 0 Å². The minimum Gasteiger partial charge on any atom is -0.319 e. The normalized spacial score (nSPS) is 25.2. The second-order valence-electron chi connectivity index (χ2n) is 6.51. The minimum absolute atomic E-state index is 0.287. The third-order valence-electron chi connectivity index (χ3n) is 4.59. The van der Waals surface area contributed by atoms with E-state index in [-0.39, 0.29) is 5.54 Å². The summed E-state index contributed by atoms with van der Waals surface area (Å²) in [7, 11) is 2.06. The molecule has 0 amide bonds. The molecule has 0 aliphatic carbocycles. The maximum Gasteiger partial charge on any atom is 0.0325 e. The van der Waals surface area contributed by atoms with Gasteiger partial charge in [0.2, 0.25) is 0 Å². The van der Waals surface area contributed by atoms with Crippen LogP contribution in [0.5, 0.6) is 0 Å². The van der Waals surface area contributed by atoms with Gasteiger partial charge >= 0.3 is 0 Å². The molecule has 106 valence electrons. The van der Waals surface area contributed by atoms with Gasteiger partial charge in [-0.15, -0.1) is 0 Å². The Bertz CT molecular complexity index is 386. The summed E-state index contributed by atoms with van der Waals surface area (Å²) in [6.07, 6.45) is 2.59. The molecule has 1 aliphatic rings. The predicted molar refractivity (Wildman–Crippen MR) is 82.3 cm³/mol. The van der Waals surface area contributed by atoms with Gasteiger partial charge in [0.1, 0.15) is 0 Å². The molecule has 19 heavy (non-hydrogen) atoms. The quantitative estimate of drug-likeness (QED) is 0.892. The molecule has 2 heteroatoms. The van der Waals surface area contributed by atoms with E-state index in [1.54, 1.807) is 0 Å². The lowest BCUT2D eigenvalue weighted by Gasteiger charge is -2.49. The van der Waals surface area contributed by atoms with E-state index in [0.717, 1.165) is 12.5 Å². The molecule has 1 fully saturated rings. The first-order valence-electron chi connectivity index (χ1n) is 7.51. The van der Waals surface area contributed by atoms with Crippen molar-refractivity contribution in [3.8, 4) is 0 Å². The van der Waals surface area contributed by atoms with Gasteiger partial charge in [-0.25, -0.2) is 0 Å². The van der Waals surface area contributed by atoms with Crippen molar-refractivity contribution in [2.24, 2.45) is 5.92 Å². The van der Waals surface area contributed by atoms with Gasteiger partial charge in [0.15, 0.2) is 0 Å². The molecule has 0 radical (unpaired) electrons. The molecule has 2 unspecified atom stereocenters. The van der Waals surface area contributed by atoms with E-state index in [1.807, 2.05) is 0 Å². The van der Waals surface area contributed by atoms with Crippen LogP contribution >= 0.6 is 0 Å². The molecule has 1 N–H and O–H groups in total. The van der Waals surface area contributed by atoms with E-state index in [4.69, 9.17) is 0 Å². The Labute approximate surface area is 118 Å². The van der Waals surface area contributed by atoms with Gasteiger partial charge in [-0.2, -0.15) is 0 Å². The largest absolute Gasteiger partial charge is 0.319 e. The molecule has 1 aliphatic heterocycles. The van der Waals surface area contributed by atoms with E-state index < -0.39 is 0 Å². The molecule has 1 heterocycles. The smallest absolute Gasteiger partial charge is 0.0325 e. The number of nitrogens with one attached hydrogen (secondary N) is 1. The Morgan fingerprint density at radius 3 is 2.58 bits per heavy atom. The first kappa shape index (κ1) is 14.5. The molecule has 2 rings (SSSR count). The van der Waals surface area contributed by atoms with Crippen molar-refractivity contribution in [3.63, 3.8) is 0 Å². The Hall–Kier alpha value is -0.860. The Kier molecular flexibility index (Phi) is 4.64. The minimum atomic E-state index is 0.287. The molecule has 1 aromatic rings. The van der Waals surface area contributed by atoms with Crippen molar-refractivity contribution < 1.29 is 0 Å². The average Bonchev–Trinajstić information content (AvgIpc) is 2.38. The van der Waals surface area contributed by atoms with Crippen molar-refractivity contribution in [1.82, 2.24) is 10.2 Å². The maximum atomic E-state index is 3.33. The van der Waals surface area contributed by atoms with Gasteiger partial charge in [0.25, 0.3) is 0 Å². The Morgan fingerprint density at radius 2 is 2.00 bits per heavy atom. The van der Waals surface area contributed by atoms with Crippen LogP contribution in [0.15, 0.2) is 30.3 Å². The molecule has 0 saturated carbocycles. The summed E-state index contributed by atoms with van der Waals surface area (Å²) in [5, 5.41) is 3.33. The highest BCUT2D eigenvalue weighted by Crippen LogP contribution is 2.37. The van der Waals surface area contributed by atoms with Crippen molar-refractivity contribution in [3.05, 3.63) is 35.9 Å². The molecule has 0 aromatic heterocycles. The van der Waals surface area contributed by atoms with Gasteiger partial charge in [-0.3, -0.25) is 4.90 Å². The summed E-state index contributed by atoms with van der Waals surface area (Å²) in [5.74, 6) is 0.819. The van der Waals surface area contributed by atoms with Crippen molar-refractivity contribution in [1.29, 1.82) is 0 Å². The third-order valence-corrected chi connectivity index (χ3v) is 4.59. The summed E-state index contributed by atoms with van der Waals surface area (Å²) >= 11 is 0. The highest BCUT2D eigenvalue weighted by atomic mass is 15.2. The van der Waals surface area contributed by atoms with Gasteiger partial charge in [0.05, 0.1) is 0 Å². The number of nitrogens with zero attached hydrogens (tertiary/aromatic N) is 1. The van der Waals surface area contributed by atoms with Gasteiger partial charge in [-0.1, -0.05) is 30.3 Å². The average molecular weight is 260 g/mol. The van der Waals surface area contributed by atoms with Crippen LogP contribution in [0.1, 0.15) is 45.2 Å². The fourth-order valence-electron chi connectivity index (χ4n) is 3.64. The zero-order valence-corrected chi connectivity index (χ0v) is 12.8. The molecule has 2 atom stereocenters. The molecule has 0 bridgehead atoms. The fraction of sp³-hybridized carbons (Fsp3) is 0.647. The van der Waals surface area contributed by atoms with Crippen molar-refractivity contribution in [2.45, 2.75) is 45.2 Å². The van der Waals surface area contributed by atoms with Crippen LogP contribution in [0.3, 0.4) is 0 Å².